The Morgan fingerprint density at radius 3 is 2.72 bits per heavy atom. The molecule has 1 aromatic rings. The van der Waals surface area contributed by atoms with Crippen LogP contribution in [0.3, 0.4) is 0 Å². The molecule has 0 saturated heterocycles. The third-order valence-corrected chi connectivity index (χ3v) is 7.64. The standard InChI is InChI=1S/C19H27NO3S2/c1-3-23-19(22)16-14-10-7-11-15(14)25-18(16)20-17(21)12(2)24-13-8-5-4-6-9-13/h12-13H,3-11H2,1-2H3,(H,20,21). The molecule has 25 heavy (non-hydrogen) atoms. The Bertz CT molecular complexity index is 635. The van der Waals surface area contributed by atoms with Gasteiger partial charge < -0.3 is 10.1 Å². The molecule has 6 heteroatoms. The summed E-state index contributed by atoms with van der Waals surface area (Å²) in [4.78, 5) is 26.3. The van der Waals surface area contributed by atoms with Gasteiger partial charge in [-0.15, -0.1) is 23.1 Å². The number of rotatable bonds is 6. The van der Waals surface area contributed by atoms with Gasteiger partial charge in [-0.05, 0) is 51.5 Å². The van der Waals surface area contributed by atoms with E-state index in [1.54, 1.807) is 23.1 Å². The predicted molar refractivity (Wildman–Crippen MR) is 105 cm³/mol. The molecular weight excluding hydrogens is 354 g/mol. The minimum Gasteiger partial charge on any atom is -0.462 e. The fourth-order valence-corrected chi connectivity index (χ4v) is 6.32. The Morgan fingerprint density at radius 1 is 1.24 bits per heavy atom. The molecular formula is C19H27NO3S2. The van der Waals surface area contributed by atoms with Crippen LogP contribution in [-0.2, 0) is 22.4 Å². The van der Waals surface area contributed by atoms with E-state index in [1.807, 2.05) is 13.8 Å². The largest absolute Gasteiger partial charge is 0.462 e. The van der Waals surface area contributed by atoms with Crippen molar-refractivity contribution in [1.29, 1.82) is 0 Å². The van der Waals surface area contributed by atoms with Crippen molar-refractivity contribution in [3.05, 3.63) is 16.0 Å². The van der Waals surface area contributed by atoms with Crippen molar-refractivity contribution < 1.29 is 14.3 Å². The number of esters is 1. The first-order valence-electron chi connectivity index (χ1n) is 9.38. The summed E-state index contributed by atoms with van der Waals surface area (Å²) in [5, 5.41) is 4.20. The highest BCUT2D eigenvalue weighted by Gasteiger charge is 2.29. The maximum Gasteiger partial charge on any atom is 0.341 e. The lowest BCUT2D eigenvalue weighted by Gasteiger charge is -2.23. The second-order valence-electron chi connectivity index (χ2n) is 6.81. The average Bonchev–Trinajstić information content (AvgIpc) is 3.16. The molecule has 0 radical (unpaired) electrons. The van der Waals surface area contributed by atoms with Crippen LogP contribution < -0.4 is 5.32 Å². The lowest BCUT2D eigenvalue weighted by Crippen LogP contribution is -2.26. The summed E-state index contributed by atoms with van der Waals surface area (Å²) < 4.78 is 5.23. The van der Waals surface area contributed by atoms with Crippen molar-refractivity contribution in [2.24, 2.45) is 0 Å². The van der Waals surface area contributed by atoms with Gasteiger partial charge in [0.15, 0.2) is 0 Å². The van der Waals surface area contributed by atoms with Gasteiger partial charge in [-0.1, -0.05) is 19.3 Å². The SMILES string of the molecule is CCOC(=O)c1c(NC(=O)C(C)SC2CCCCC2)sc2c1CCC2. The first-order valence-corrected chi connectivity index (χ1v) is 11.1. The maximum absolute atomic E-state index is 12.7. The van der Waals surface area contributed by atoms with Crippen LogP contribution in [0.15, 0.2) is 0 Å². The van der Waals surface area contributed by atoms with E-state index in [0.717, 1.165) is 24.8 Å². The third-order valence-electron chi connectivity index (χ3n) is 4.96. The summed E-state index contributed by atoms with van der Waals surface area (Å²) >= 11 is 3.33. The first-order chi connectivity index (χ1) is 12.1. The molecule has 1 atom stereocenters. The molecule has 1 N–H and O–H groups in total. The molecule has 138 valence electrons. The van der Waals surface area contributed by atoms with Gasteiger partial charge in [0, 0.05) is 10.1 Å². The Balaban J connectivity index is 1.69. The molecule has 2 aliphatic rings. The molecule has 1 aromatic heterocycles. The van der Waals surface area contributed by atoms with E-state index in [0.29, 0.717) is 22.4 Å². The highest BCUT2D eigenvalue weighted by atomic mass is 32.2. The molecule has 2 aliphatic carbocycles. The fraction of sp³-hybridized carbons (Fsp3) is 0.684. The summed E-state index contributed by atoms with van der Waals surface area (Å²) in [5.41, 5.74) is 1.69. The lowest BCUT2D eigenvalue weighted by atomic mass is 10.0. The topological polar surface area (TPSA) is 55.4 Å². The van der Waals surface area contributed by atoms with Crippen LogP contribution in [-0.4, -0.2) is 29.0 Å². The van der Waals surface area contributed by atoms with Crippen molar-refractivity contribution in [2.75, 3.05) is 11.9 Å². The molecule has 1 unspecified atom stereocenters. The monoisotopic (exact) mass is 381 g/mol. The summed E-state index contributed by atoms with van der Waals surface area (Å²) in [7, 11) is 0. The number of thioether (sulfide) groups is 1. The highest BCUT2D eigenvalue weighted by molar-refractivity contribution is 8.01. The number of ether oxygens (including phenoxy) is 1. The zero-order valence-electron chi connectivity index (χ0n) is 15.1. The van der Waals surface area contributed by atoms with E-state index in [9.17, 15) is 9.59 Å². The van der Waals surface area contributed by atoms with Crippen LogP contribution in [0.1, 0.15) is 73.2 Å². The zero-order chi connectivity index (χ0) is 17.8. The Hall–Kier alpha value is -1.01. The second kappa shape index (κ2) is 8.58. The summed E-state index contributed by atoms with van der Waals surface area (Å²) in [6.07, 6.45) is 9.27. The van der Waals surface area contributed by atoms with Crippen molar-refractivity contribution in [1.82, 2.24) is 0 Å². The number of anilines is 1. The molecule has 1 amide bonds. The number of nitrogens with one attached hydrogen (secondary N) is 1. The van der Waals surface area contributed by atoms with E-state index in [2.05, 4.69) is 5.32 Å². The number of carbonyl (C=O) groups excluding carboxylic acids is 2. The molecule has 1 saturated carbocycles. The molecule has 1 fully saturated rings. The maximum atomic E-state index is 12.7. The normalized spacial score (nSPS) is 18.6. The molecule has 0 aromatic carbocycles. The smallest absolute Gasteiger partial charge is 0.341 e. The second-order valence-corrected chi connectivity index (χ2v) is 9.56. The average molecular weight is 382 g/mol. The summed E-state index contributed by atoms with van der Waals surface area (Å²) in [6, 6.07) is 0. The van der Waals surface area contributed by atoms with Crippen molar-refractivity contribution in [3.8, 4) is 0 Å². The van der Waals surface area contributed by atoms with Crippen LogP contribution in [0.25, 0.3) is 0 Å². The van der Waals surface area contributed by atoms with E-state index >= 15 is 0 Å². The van der Waals surface area contributed by atoms with E-state index in [-0.39, 0.29) is 17.1 Å². The highest BCUT2D eigenvalue weighted by Crippen LogP contribution is 2.40. The number of hydrogen-bond donors (Lipinski definition) is 1. The minimum atomic E-state index is -0.301. The van der Waals surface area contributed by atoms with Crippen LogP contribution in [0.2, 0.25) is 0 Å². The van der Waals surface area contributed by atoms with Gasteiger partial charge >= 0.3 is 5.97 Å². The first kappa shape index (κ1) is 18.8. The quantitative estimate of drug-likeness (QED) is 0.719. The van der Waals surface area contributed by atoms with Crippen molar-refractivity contribution >= 4 is 40.0 Å². The number of thiophene rings is 1. The van der Waals surface area contributed by atoms with Gasteiger partial charge in [0.25, 0.3) is 0 Å². The number of aryl methyl sites for hydroxylation is 1. The Kier molecular flexibility index (Phi) is 6.44. The molecule has 4 nitrogen and oxygen atoms in total. The minimum absolute atomic E-state index is 0.000968. The van der Waals surface area contributed by atoms with E-state index < -0.39 is 0 Å². The van der Waals surface area contributed by atoms with Gasteiger partial charge in [0.05, 0.1) is 17.4 Å². The van der Waals surface area contributed by atoms with Crippen LogP contribution >= 0.6 is 23.1 Å². The van der Waals surface area contributed by atoms with Gasteiger partial charge in [-0.2, -0.15) is 0 Å². The molecule has 1 heterocycles. The van der Waals surface area contributed by atoms with Crippen molar-refractivity contribution in [3.63, 3.8) is 0 Å². The van der Waals surface area contributed by atoms with E-state index in [4.69, 9.17) is 4.74 Å². The van der Waals surface area contributed by atoms with Crippen LogP contribution in [0, 0.1) is 0 Å². The number of carbonyl (C=O) groups is 2. The Morgan fingerprint density at radius 2 is 2.00 bits per heavy atom. The van der Waals surface area contributed by atoms with Crippen molar-refractivity contribution in [2.45, 2.75) is 75.7 Å². The number of amides is 1. The molecule has 3 rings (SSSR count). The predicted octanol–water partition coefficient (Wildman–Crippen LogP) is 4.81. The number of hydrogen-bond acceptors (Lipinski definition) is 5. The number of fused-ring (bicyclic) bond motifs is 1. The fourth-order valence-electron chi connectivity index (χ4n) is 3.68. The van der Waals surface area contributed by atoms with Crippen LogP contribution in [0.4, 0.5) is 5.00 Å². The molecule has 0 bridgehead atoms. The van der Waals surface area contributed by atoms with Gasteiger partial charge in [0.1, 0.15) is 5.00 Å². The van der Waals surface area contributed by atoms with Gasteiger partial charge in [-0.3, -0.25) is 4.79 Å². The summed E-state index contributed by atoms with van der Waals surface area (Å²) in [6.45, 7) is 4.14. The molecule has 0 spiro atoms. The summed E-state index contributed by atoms with van der Waals surface area (Å²) in [5.74, 6) is -0.300. The third kappa shape index (κ3) is 4.40. The zero-order valence-corrected chi connectivity index (χ0v) is 16.7. The lowest BCUT2D eigenvalue weighted by molar-refractivity contribution is -0.115. The van der Waals surface area contributed by atoms with Gasteiger partial charge in [-0.25, -0.2) is 4.79 Å². The Labute approximate surface area is 158 Å². The van der Waals surface area contributed by atoms with Crippen LogP contribution in [0.5, 0.6) is 0 Å². The van der Waals surface area contributed by atoms with Gasteiger partial charge in [0.2, 0.25) is 5.91 Å². The van der Waals surface area contributed by atoms with E-state index in [1.165, 1.54) is 37.0 Å². The molecule has 0 aliphatic heterocycles.